The summed E-state index contributed by atoms with van der Waals surface area (Å²) >= 11 is 1.52. The molecule has 1 atom stereocenters. The van der Waals surface area contributed by atoms with Crippen LogP contribution in [0.2, 0.25) is 0 Å². The molecule has 1 amide bonds. The predicted molar refractivity (Wildman–Crippen MR) is 106 cm³/mol. The van der Waals surface area contributed by atoms with Crippen molar-refractivity contribution >= 4 is 17.2 Å². The Hall–Kier alpha value is -2.68. The van der Waals surface area contributed by atoms with Gasteiger partial charge in [0.1, 0.15) is 0 Å². The topological polar surface area (TPSA) is 59.2 Å². The second kappa shape index (κ2) is 8.22. The molecule has 1 aromatic carbocycles. The van der Waals surface area contributed by atoms with Crippen molar-refractivity contribution in [3.63, 3.8) is 0 Å². The lowest BCUT2D eigenvalue weighted by molar-refractivity contribution is -0.137. The standard InChI is InChI=1S/C21H20F3N3O2S/c1-13(14-3-2-4-16(11-14)21(22,23)24)27(17-5-6-17)19(28)8-7-18-25-26-20(29-18)15-9-10-30-12-15/h2-4,9-13,17H,5-8H2,1H3/t13-/m1/s1. The molecule has 1 fully saturated rings. The minimum atomic E-state index is -4.41. The number of rotatable bonds is 7. The smallest absolute Gasteiger partial charge is 0.416 e. The molecular formula is C21H20F3N3O2S. The second-order valence-corrected chi connectivity index (χ2v) is 8.12. The highest BCUT2D eigenvalue weighted by molar-refractivity contribution is 7.08. The van der Waals surface area contributed by atoms with Gasteiger partial charge in [-0.1, -0.05) is 12.1 Å². The van der Waals surface area contributed by atoms with Crippen molar-refractivity contribution in [1.82, 2.24) is 15.1 Å². The number of carbonyl (C=O) groups is 1. The fraction of sp³-hybridized carbons (Fsp3) is 0.381. The first kappa shape index (κ1) is 20.6. The molecule has 1 saturated carbocycles. The van der Waals surface area contributed by atoms with E-state index in [2.05, 4.69) is 10.2 Å². The average Bonchev–Trinajstić information content (AvgIpc) is 3.19. The Kier molecular flexibility index (Phi) is 5.64. The highest BCUT2D eigenvalue weighted by atomic mass is 32.1. The van der Waals surface area contributed by atoms with Crippen LogP contribution in [-0.2, 0) is 17.4 Å². The molecule has 0 unspecified atom stereocenters. The molecule has 1 aliphatic rings. The number of halogens is 3. The van der Waals surface area contributed by atoms with Crippen LogP contribution in [0, 0.1) is 0 Å². The van der Waals surface area contributed by atoms with Gasteiger partial charge >= 0.3 is 6.18 Å². The number of nitrogens with zero attached hydrogens (tertiary/aromatic N) is 3. The summed E-state index contributed by atoms with van der Waals surface area (Å²) in [6.45, 7) is 1.77. The van der Waals surface area contributed by atoms with E-state index in [0.717, 1.165) is 30.5 Å². The first-order chi connectivity index (χ1) is 14.3. The molecule has 3 aromatic rings. The van der Waals surface area contributed by atoms with Crippen LogP contribution >= 0.6 is 11.3 Å². The van der Waals surface area contributed by atoms with E-state index in [-0.39, 0.29) is 24.8 Å². The lowest BCUT2D eigenvalue weighted by Gasteiger charge is -2.30. The largest absolute Gasteiger partial charge is 0.421 e. The normalized spacial score (nSPS) is 15.2. The number of hydrogen-bond acceptors (Lipinski definition) is 5. The Labute approximate surface area is 175 Å². The molecule has 2 aromatic heterocycles. The summed E-state index contributed by atoms with van der Waals surface area (Å²) in [5.74, 6) is 0.653. The van der Waals surface area contributed by atoms with Gasteiger partial charge in [0.15, 0.2) is 0 Å². The van der Waals surface area contributed by atoms with E-state index >= 15 is 0 Å². The van der Waals surface area contributed by atoms with E-state index in [9.17, 15) is 18.0 Å². The second-order valence-electron chi connectivity index (χ2n) is 7.34. The maximum atomic E-state index is 13.1. The van der Waals surface area contributed by atoms with Gasteiger partial charge in [0, 0.05) is 29.8 Å². The molecule has 0 spiro atoms. The Balaban J connectivity index is 1.45. The summed E-state index contributed by atoms with van der Waals surface area (Å²) in [4.78, 5) is 14.6. The summed E-state index contributed by atoms with van der Waals surface area (Å²) in [5, 5.41) is 11.8. The molecule has 0 bridgehead atoms. The van der Waals surface area contributed by atoms with E-state index in [1.807, 2.05) is 16.8 Å². The zero-order valence-corrected chi connectivity index (χ0v) is 17.0. The molecule has 30 heavy (non-hydrogen) atoms. The van der Waals surface area contributed by atoms with Crippen LogP contribution in [0.15, 0.2) is 45.5 Å². The highest BCUT2D eigenvalue weighted by Gasteiger charge is 2.37. The number of benzene rings is 1. The third-order valence-electron chi connectivity index (χ3n) is 5.13. The van der Waals surface area contributed by atoms with Crippen molar-refractivity contribution in [1.29, 1.82) is 0 Å². The molecule has 1 aliphatic carbocycles. The third kappa shape index (κ3) is 4.56. The van der Waals surface area contributed by atoms with E-state index in [1.165, 1.54) is 17.4 Å². The van der Waals surface area contributed by atoms with Gasteiger partial charge in [-0.15, -0.1) is 10.2 Å². The van der Waals surface area contributed by atoms with Crippen molar-refractivity contribution in [3.05, 3.63) is 58.1 Å². The number of hydrogen-bond donors (Lipinski definition) is 0. The molecule has 4 rings (SSSR count). The van der Waals surface area contributed by atoms with Crippen LogP contribution in [0.1, 0.15) is 49.2 Å². The number of carbonyl (C=O) groups excluding carboxylic acids is 1. The average molecular weight is 435 g/mol. The van der Waals surface area contributed by atoms with Gasteiger partial charge in [-0.25, -0.2) is 0 Å². The van der Waals surface area contributed by atoms with Gasteiger partial charge in [0.05, 0.1) is 11.6 Å². The lowest BCUT2D eigenvalue weighted by atomic mass is 10.0. The minimum absolute atomic E-state index is 0.0612. The molecule has 0 aliphatic heterocycles. The number of thiophene rings is 1. The fourth-order valence-corrected chi connectivity index (χ4v) is 4.05. The van der Waals surface area contributed by atoms with Crippen molar-refractivity contribution in [3.8, 4) is 11.5 Å². The zero-order chi connectivity index (χ0) is 21.3. The quantitative estimate of drug-likeness (QED) is 0.492. The van der Waals surface area contributed by atoms with E-state index < -0.39 is 17.8 Å². The van der Waals surface area contributed by atoms with E-state index in [4.69, 9.17) is 4.42 Å². The van der Waals surface area contributed by atoms with Crippen LogP contribution < -0.4 is 0 Å². The first-order valence-electron chi connectivity index (χ1n) is 9.66. The van der Waals surface area contributed by atoms with Gasteiger partial charge in [0.2, 0.25) is 17.7 Å². The van der Waals surface area contributed by atoms with Crippen LogP contribution in [0.5, 0.6) is 0 Å². The van der Waals surface area contributed by atoms with Gasteiger partial charge in [0.25, 0.3) is 0 Å². The highest BCUT2D eigenvalue weighted by Crippen LogP contribution is 2.37. The first-order valence-corrected chi connectivity index (χ1v) is 10.6. The third-order valence-corrected chi connectivity index (χ3v) is 5.81. The summed E-state index contributed by atoms with van der Waals surface area (Å²) < 4.78 is 44.8. The molecule has 0 N–H and O–H groups in total. The van der Waals surface area contributed by atoms with Gasteiger partial charge in [-0.2, -0.15) is 24.5 Å². The van der Waals surface area contributed by atoms with Gasteiger partial charge in [-0.05, 0) is 48.9 Å². The van der Waals surface area contributed by atoms with Crippen molar-refractivity contribution in [2.75, 3.05) is 0 Å². The number of amides is 1. The maximum absolute atomic E-state index is 13.1. The Morgan fingerprint density at radius 1 is 1.30 bits per heavy atom. The number of aryl methyl sites for hydroxylation is 1. The summed E-state index contributed by atoms with van der Waals surface area (Å²) in [6, 6.07) is 6.67. The molecule has 2 heterocycles. The summed E-state index contributed by atoms with van der Waals surface area (Å²) in [6.07, 6.45) is -2.25. The number of alkyl halides is 3. The van der Waals surface area contributed by atoms with Gasteiger partial charge in [-0.3, -0.25) is 4.79 Å². The van der Waals surface area contributed by atoms with E-state index in [1.54, 1.807) is 17.9 Å². The minimum Gasteiger partial charge on any atom is -0.421 e. The van der Waals surface area contributed by atoms with Crippen LogP contribution in [-0.4, -0.2) is 27.0 Å². The zero-order valence-electron chi connectivity index (χ0n) is 16.2. The molecule has 158 valence electrons. The summed E-state index contributed by atoms with van der Waals surface area (Å²) in [7, 11) is 0. The SMILES string of the molecule is C[C@H](c1cccc(C(F)(F)F)c1)N(C(=O)CCc1nnc(-c2ccsc2)o1)C1CC1. The number of aromatic nitrogens is 2. The van der Waals surface area contributed by atoms with Crippen LogP contribution in [0.4, 0.5) is 13.2 Å². The molecule has 9 heteroatoms. The fourth-order valence-electron chi connectivity index (χ4n) is 3.42. The maximum Gasteiger partial charge on any atom is 0.416 e. The lowest BCUT2D eigenvalue weighted by Crippen LogP contribution is -2.35. The van der Waals surface area contributed by atoms with E-state index in [0.29, 0.717) is 17.3 Å². The molecule has 5 nitrogen and oxygen atoms in total. The summed E-state index contributed by atoms with van der Waals surface area (Å²) in [5.41, 5.74) is 0.604. The Morgan fingerprint density at radius 3 is 2.77 bits per heavy atom. The molecule has 0 saturated heterocycles. The monoisotopic (exact) mass is 435 g/mol. The molecular weight excluding hydrogens is 415 g/mol. The van der Waals surface area contributed by atoms with Crippen LogP contribution in [0.25, 0.3) is 11.5 Å². The van der Waals surface area contributed by atoms with Crippen molar-refractivity contribution in [2.45, 2.75) is 50.9 Å². The Bertz CT molecular complexity index is 1010. The molecule has 0 radical (unpaired) electrons. The van der Waals surface area contributed by atoms with Crippen LogP contribution in [0.3, 0.4) is 0 Å². The Morgan fingerprint density at radius 2 is 2.10 bits per heavy atom. The van der Waals surface area contributed by atoms with Crippen molar-refractivity contribution < 1.29 is 22.4 Å². The predicted octanol–water partition coefficient (Wildman–Crippen LogP) is 5.50. The van der Waals surface area contributed by atoms with Crippen molar-refractivity contribution in [2.24, 2.45) is 0 Å². The van der Waals surface area contributed by atoms with Gasteiger partial charge < -0.3 is 9.32 Å².